The van der Waals surface area contributed by atoms with Crippen molar-refractivity contribution in [3.63, 3.8) is 0 Å². The van der Waals surface area contributed by atoms with E-state index in [9.17, 15) is 14.4 Å². The van der Waals surface area contributed by atoms with E-state index in [4.69, 9.17) is 10.2 Å². The van der Waals surface area contributed by atoms with Gasteiger partial charge in [-0.15, -0.1) is 0 Å². The SMILES string of the molecule is CNC(=O)C1CCN(C(=O)NCC[C@H](O)C(=O)O)CC1. The number of aliphatic hydroxyl groups is 1. The summed E-state index contributed by atoms with van der Waals surface area (Å²) < 4.78 is 0. The number of hydrogen-bond donors (Lipinski definition) is 4. The van der Waals surface area contributed by atoms with Gasteiger partial charge in [0.05, 0.1) is 0 Å². The minimum atomic E-state index is -1.46. The van der Waals surface area contributed by atoms with Gasteiger partial charge in [0.15, 0.2) is 6.10 Å². The van der Waals surface area contributed by atoms with Gasteiger partial charge in [-0.25, -0.2) is 9.59 Å². The minimum absolute atomic E-state index is 0.00496. The van der Waals surface area contributed by atoms with Crippen molar-refractivity contribution in [1.82, 2.24) is 15.5 Å². The molecular weight excluding hydrogens is 266 g/mol. The summed E-state index contributed by atoms with van der Waals surface area (Å²) in [6.07, 6.45) is -0.264. The molecule has 8 heteroatoms. The van der Waals surface area contributed by atoms with E-state index >= 15 is 0 Å². The Balaban J connectivity index is 2.26. The van der Waals surface area contributed by atoms with Gasteiger partial charge in [0.25, 0.3) is 0 Å². The molecule has 0 saturated carbocycles. The normalized spacial score (nSPS) is 17.4. The monoisotopic (exact) mass is 287 g/mol. The lowest BCUT2D eigenvalue weighted by Crippen LogP contribution is -2.47. The molecule has 1 saturated heterocycles. The maximum absolute atomic E-state index is 11.8. The number of aliphatic hydroxyl groups excluding tert-OH is 1. The van der Waals surface area contributed by atoms with Crippen molar-refractivity contribution in [2.45, 2.75) is 25.4 Å². The molecule has 114 valence electrons. The van der Waals surface area contributed by atoms with Gasteiger partial charge in [-0.1, -0.05) is 0 Å². The van der Waals surface area contributed by atoms with Crippen molar-refractivity contribution in [3.05, 3.63) is 0 Å². The lowest BCUT2D eigenvalue weighted by atomic mass is 9.96. The number of carbonyl (C=O) groups excluding carboxylic acids is 2. The van der Waals surface area contributed by atoms with E-state index < -0.39 is 12.1 Å². The van der Waals surface area contributed by atoms with Gasteiger partial charge in [0, 0.05) is 39.0 Å². The highest BCUT2D eigenvalue weighted by Gasteiger charge is 2.26. The van der Waals surface area contributed by atoms with E-state index in [1.807, 2.05) is 0 Å². The van der Waals surface area contributed by atoms with Crippen molar-refractivity contribution >= 4 is 17.9 Å². The number of piperidine rings is 1. The van der Waals surface area contributed by atoms with Crippen LogP contribution in [0.3, 0.4) is 0 Å². The molecule has 1 fully saturated rings. The number of hydrogen-bond acceptors (Lipinski definition) is 4. The van der Waals surface area contributed by atoms with Crippen LogP contribution in [-0.4, -0.2) is 65.8 Å². The molecule has 0 aromatic rings. The van der Waals surface area contributed by atoms with Crippen LogP contribution in [0.15, 0.2) is 0 Å². The number of nitrogens with zero attached hydrogens (tertiary/aromatic N) is 1. The Morgan fingerprint density at radius 1 is 1.30 bits per heavy atom. The molecule has 8 nitrogen and oxygen atoms in total. The molecule has 0 bridgehead atoms. The summed E-state index contributed by atoms with van der Waals surface area (Å²) in [5.41, 5.74) is 0. The number of likely N-dealkylation sites (tertiary alicyclic amines) is 1. The third-order valence-electron chi connectivity index (χ3n) is 3.38. The van der Waals surface area contributed by atoms with Gasteiger partial charge in [-0.05, 0) is 12.8 Å². The standard InChI is InChI=1S/C12H21N3O5/c1-13-10(17)8-3-6-15(7-4-8)12(20)14-5-2-9(16)11(18)19/h8-9,16H,2-7H2,1H3,(H,13,17)(H,14,20)(H,18,19)/t9-/m0/s1. The maximum Gasteiger partial charge on any atom is 0.332 e. The van der Waals surface area contributed by atoms with E-state index in [0.717, 1.165) is 0 Å². The Labute approximate surface area is 117 Å². The molecule has 0 spiro atoms. The van der Waals surface area contributed by atoms with Crippen molar-refractivity contribution in [2.24, 2.45) is 5.92 Å². The fourth-order valence-electron chi connectivity index (χ4n) is 2.10. The quantitative estimate of drug-likeness (QED) is 0.516. The average molecular weight is 287 g/mol. The number of nitrogens with one attached hydrogen (secondary N) is 2. The Hall–Kier alpha value is -1.83. The van der Waals surface area contributed by atoms with Crippen LogP contribution in [0.1, 0.15) is 19.3 Å². The maximum atomic E-state index is 11.8. The van der Waals surface area contributed by atoms with Crippen LogP contribution in [0.25, 0.3) is 0 Å². The molecule has 3 amide bonds. The molecule has 1 rings (SSSR count). The Kier molecular flexibility index (Phi) is 6.23. The van der Waals surface area contributed by atoms with Crippen LogP contribution in [0.4, 0.5) is 4.79 Å². The van der Waals surface area contributed by atoms with E-state index in [-0.39, 0.29) is 30.8 Å². The summed E-state index contributed by atoms with van der Waals surface area (Å²) in [5, 5.41) is 22.7. The summed E-state index contributed by atoms with van der Waals surface area (Å²) in [7, 11) is 1.59. The Morgan fingerprint density at radius 3 is 2.40 bits per heavy atom. The number of urea groups is 1. The molecule has 1 aliphatic rings. The summed E-state index contributed by atoms with van der Waals surface area (Å²) in [5.74, 6) is -1.36. The zero-order valence-electron chi connectivity index (χ0n) is 11.5. The molecule has 0 unspecified atom stereocenters. The van der Waals surface area contributed by atoms with E-state index in [1.165, 1.54) is 0 Å². The largest absolute Gasteiger partial charge is 0.479 e. The Morgan fingerprint density at radius 2 is 1.90 bits per heavy atom. The molecule has 20 heavy (non-hydrogen) atoms. The van der Waals surface area contributed by atoms with Crippen LogP contribution in [-0.2, 0) is 9.59 Å². The van der Waals surface area contributed by atoms with E-state index in [1.54, 1.807) is 11.9 Å². The molecule has 1 atom stereocenters. The number of carbonyl (C=O) groups is 3. The number of rotatable bonds is 5. The fourth-order valence-corrected chi connectivity index (χ4v) is 2.10. The van der Waals surface area contributed by atoms with E-state index in [0.29, 0.717) is 25.9 Å². The van der Waals surface area contributed by atoms with Gasteiger partial charge in [-0.3, -0.25) is 4.79 Å². The van der Waals surface area contributed by atoms with Crippen LogP contribution >= 0.6 is 0 Å². The summed E-state index contributed by atoms with van der Waals surface area (Å²) in [6, 6.07) is -0.294. The summed E-state index contributed by atoms with van der Waals surface area (Å²) >= 11 is 0. The second kappa shape index (κ2) is 7.68. The Bertz CT molecular complexity index is 366. The van der Waals surface area contributed by atoms with Crippen molar-refractivity contribution in [3.8, 4) is 0 Å². The highest BCUT2D eigenvalue weighted by atomic mass is 16.4. The predicted octanol–water partition coefficient (Wildman–Crippen LogP) is -1.01. The van der Waals surface area contributed by atoms with Crippen LogP contribution in [0, 0.1) is 5.92 Å². The second-order valence-corrected chi connectivity index (χ2v) is 4.75. The lowest BCUT2D eigenvalue weighted by Gasteiger charge is -2.31. The topological polar surface area (TPSA) is 119 Å². The predicted molar refractivity (Wildman–Crippen MR) is 70.0 cm³/mol. The smallest absolute Gasteiger partial charge is 0.332 e. The third kappa shape index (κ3) is 4.69. The van der Waals surface area contributed by atoms with Gasteiger partial charge in [0.2, 0.25) is 5.91 Å². The summed E-state index contributed by atoms with van der Waals surface area (Å²) in [4.78, 5) is 35.2. The molecule has 4 N–H and O–H groups in total. The first kappa shape index (κ1) is 16.2. The van der Waals surface area contributed by atoms with Crippen LogP contribution in [0.2, 0.25) is 0 Å². The molecular formula is C12H21N3O5. The molecule has 0 radical (unpaired) electrons. The van der Waals surface area contributed by atoms with Gasteiger partial charge in [-0.2, -0.15) is 0 Å². The highest BCUT2D eigenvalue weighted by molar-refractivity contribution is 5.79. The molecule has 1 heterocycles. The zero-order valence-corrected chi connectivity index (χ0v) is 11.5. The highest BCUT2D eigenvalue weighted by Crippen LogP contribution is 2.17. The zero-order chi connectivity index (χ0) is 15.1. The number of amides is 3. The van der Waals surface area contributed by atoms with Crippen molar-refractivity contribution in [1.29, 1.82) is 0 Å². The van der Waals surface area contributed by atoms with Crippen molar-refractivity contribution < 1.29 is 24.6 Å². The molecule has 0 aromatic heterocycles. The first-order chi connectivity index (χ1) is 9.45. The van der Waals surface area contributed by atoms with Gasteiger partial charge < -0.3 is 25.7 Å². The fraction of sp³-hybridized carbons (Fsp3) is 0.750. The molecule has 0 aromatic carbocycles. The second-order valence-electron chi connectivity index (χ2n) is 4.75. The summed E-state index contributed by atoms with van der Waals surface area (Å²) in [6.45, 7) is 1.08. The number of carboxylic acid groups (broad SMARTS) is 1. The number of aliphatic carboxylic acids is 1. The van der Waals surface area contributed by atoms with Gasteiger partial charge >= 0.3 is 12.0 Å². The molecule has 1 aliphatic heterocycles. The van der Waals surface area contributed by atoms with E-state index in [2.05, 4.69) is 10.6 Å². The number of carboxylic acids is 1. The molecule has 0 aliphatic carbocycles. The minimum Gasteiger partial charge on any atom is -0.479 e. The lowest BCUT2D eigenvalue weighted by molar-refractivity contribution is -0.146. The average Bonchev–Trinajstić information content (AvgIpc) is 2.46. The third-order valence-corrected chi connectivity index (χ3v) is 3.38. The van der Waals surface area contributed by atoms with Crippen LogP contribution < -0.4 is 10.6 Å². The van der Waals surface area contributed by atoms with Crippen molar-refractivity contribution in [2.75, 3.05) is 26.7 Å². The van der Waals surface area contributed by atoms with Crippen LogP contribution in [0.5, 0.6) is 0 Å². The first-order valence-corrected chi connectivity index (χ1v) is 6.61. The van der Waals surface area contributed by atoms with Gasteiger partial charge in [0.1, 0.15) is 0 Å². The first-order valence-electron chi connectivity index (χ1n) is 6.61.